The predicted molar refractivity (Wildman–Crippen MR) is 60.3 cm³/mol. The van der Waals surface area contributed by atoms with Crippen LogP contribution in [0.1, 0.15) is 17.3 Å². The molecular weight excluding hydrogens is 204 g/mol. The van der Waals surface area contributed by atoms with E-state index >= 15 is 0 Å². The van der Waals surface area contributed by atoms with E-state index in [0.29, 0.717) is 11.4 Å². The van der Waals surface area contributed by atoms with Crippen LogP contribution in [0.4, 0.5) is 0 Å². The van der Waals surface area contributed by atoms with Crippen LogP contribution in [0.3, 0.4) is 0 Å². The van der Waals surface area contributed by atoms with Gasteiger partial charge in [-0.3, -0.25) is 14.6 Å². The Morgan fingerprint density at radius 1 is 1.25 bits per heavy atom. The number of nitrogens with zero attached hydrogens (tertiary/aromatic N) is 1. The summed E-state index contributed by atoms with van der Waals surface area (Å²) in [6, 6.07) is 8.62. The monoisotopic (exact) mass is 214 g/mol. The van der Waals surface area contributed by atoms with Crippen LogP contribution in [0.5, 0.6) is 0 Å². The molecule has 2 rings (SSSR count). The van der Waals surface area contributed by atoms with Crippen molar-refractivity contribution in [2.24, 2.45) is 0 Å². The van der Waals surface area contributed by atoms with Gasteiger partial charge in [0.05, 0.1) is 17.0 Å². The Balaban J connectivity index is 2.51. The molecule has 0 saturated heterocycles. The summed E-state index contributed by atoms with van der Waals surface area (Å²) in [5.41, 5.74) is 1.07. The number of nitrogens with one attached hydrogen (secondary N) is 1. The fourth-order valence-corrected chi connectivity index (χ4v) is 1.42. The number of carbonyl (C=O) groups excluding carboxylic acids is 1. The molecule has 2 aromatic heterocycles. The highest BCUT2D eigenvalue weighted by Crippen LogP contribution is 2.11. The summed E-state index contributed by atoms with van der Waals surface area (Å²) in [4.78, 5) is 29.4. The molecule has 0 bridgehead atoms. The summed E-state index contributed by atoms with van der Waals surface area (Å²) >= 11 is 0. The summed E-state index contributed by atoms with van der Waals surface area (Å²) in [6.45, 7) is 1.37. The Kier molecular flexibility index (Phi) is 2.64. The smallest absolute Gasteiger partial charge is 0.259 e. The minimum atomic E-state index is -0.379. The topological polar surface area (TPSA) is 62.8 Å². The molecule has 0 spiro atoms. The fourth-order valence-electron chi connectivity index (χ4n) is 1.42. The van der Waals surface area contributed by atoms with E-state index in [1.165, 1.54) is 13.0 Å². The average Bonchev–Trinajstić information content (AvgIpc) is 2.29. The van der Waals surface area contributed by atoms with Gasteiger partial charge in [0.1, 0.15) is 0 Å². The fraction of sp³-hybridized carbons (Fsp3) is 0.0833. The lowest BCUT2D eigenvalue weighted by atomic mass is 10.1. The Morgan fingerprint density at radius 2 is 2.06 bits per heavy atom. The number of aromatic nitrogens is 2. The molecule has 0 radical (unpaired) electrons. The van der Waals surface area contributed by atoms with Crippen molar-refractivity contribution in [3.05, 3.63) is 52.4 Å². The van der Waals surface area contributed by atoms with Gasteiger partial charge in [-0.2, -0.15) is 0 Å². The van der Waals surface area contributed by atoms with E-state index in [0.717, 1.165) is 0 Å². The van der Waals surface area contributed by atoms with Gasteiger partial charge in [-0.25, -0.2) is 0 Å². The maximum atomic E-state index is 11.6. The van der Waals surface area contributed by atoms with Gasteiger partial charge < -0.3 is 4.98 Å². The maximum absolute atomic E-state index is 11.6. The zero-order valence-electron chi connectivity index (χ0n) is 8.73. The number of Topliss-reactive ketones (excluding diaryl/α,β-unsaturated/α-hetero) is 1. The summed E-state index contributed by atoms with van der Waals surface area (Å²) in [5, 5.41) is 0. The molecule has 0 aromatic carbocycles. The SMILES string of the molecule is CC(=O)c1ccc(-c2ccccn2)[nH]c1=O. The molecule has 0 atom stereocenters. The van der Waals surface area contributed by atoms with Crippen LogP contribution in [-0.4, -0.2) is 15.8 Å². The lowest BCUT2D eigenvalue weighted by Gasteiger charge is -2.00. The lowest BCUT2D eigenvalue weighted by molar-refractivity contribution is 0.101. The van der Waals surface area contributed by atoms with Gasteiger partial charge in [-0.1, -0.05) is 6.07 Å². The molecule has 0 aliphatic carbocycles. The highest BCUT2D eigenvalue weighted by molar-refractivity contribution is 5.93. The van der Waals surface area contributed by atoms with Gasteiger partial charge in [0, 0.05) is 6.20 Å². The second kappa shape index (κ2) is 4.10. The molecule has 16 heavy (non-hydrogen) atoms. The van der Waals surface area contributed by atoms with Crippen LogP contribution in [-0.2, 0) is 0 Å². The number of hydrogen-bond acceptors (Lipinski definition) is 3. The molecule has 80 valence electrons. The summed E-state index contributed by atoms with van der Waals surface area (Å²) < 4.78 is 0. The molecule has 0 aliphatic heterocycles. The maximum Gasteiger partial charge on any atom is 0.259 e. The molecule has 2 aromatic rings. The average molecular weight is 214 g/mol. The number of rotatable bonds is 2. The van der Waals surface area contributed by atoms with Crippen molar-refractivity contribution in [1.29, 1.82) is 0 Å². The molecule has 4 nitrogen and oxygen atoms in total. The molecule has 0 unspecified atom stereocenters. The zero-order valence-corrected chi connectivity index (χ0v) is 8.73. The molecular formula is C12H10N2O2. The van der Waals surface area contributed by atoms with E-state index in [-0.39, 0.29) is 16.9 Å². The van der Waals surface area contributed by atoms with Crippen LogP contribution < -0.4 is 5.56 Å². The van der Waals surface area contributed by atoms with Crippen molar-refractivity contribution in [2.45, 2.75) is 6.92 Å². The first-order chi connectivity index (χ1) is 7.68. The Labute approximate surface area is 92.0 Å². The summed E-state index contributed by atoms with van der Waals surface area (Å²) in [6.07, 6.45) is 1.65. The third-order valence-electron chi connectivity index (χ3n) is 2.23. The molecule has 0 aliphatic rings. The van der Waals surface area contributed by atoms with Gasteiger partial charge in [0.15, 0.2) is 5.78 Å². The van der Waals surface area contributed by atoms with E-state index in [9.17, 15) is 9.59 Å². The first-order valence-corrected chi connectivity index (χ1v) is 4.84. The first kappa shape index (κ1) is 10.3. The van der Waals surface area contributed by atoms with Crippen LogP contribution in [0.15, 0.2) is 41.3 Å². The molecule has 4 heteroatoms. The quantitative estimate of drug-likeness (QED) is 0.773. The standard InChI is InChI=1S/C12H10N2O2/c1-8(15)9-5-6-11(14-12(9)16)10-4-2-3-7-13-10/h2-7H,1H3,(H,14,16). The Bertz CT molecular complexity index is 573. The van der Waals surface area contributed by atoms with Gasteiger partial charge in [0.25, 0.3) is 5.56 Å². The van der Waals surface area contributed by atoms with Crippen LogP contribution >= 0.6 is 0 Å². The van der Waals surface area contributed by atoms with Gasteiger partial charge in [-0.05, 0) is 31.2 Å². The van der Waals surface area contributed by atoms with E-state index in [1.807, 2.05) is 6.07 Å². The van der Waals surface area contributed by atoms with E-state index in [4.69, 9.17) is 0 Å². The Morgan fingerprint density at radius 3 is 2.62 bits per heavy atom. The van der Waals surface area contributed by atoms with Crippen LogP contribution in [0.25, 0.3) is 11.4 Å². The van der Waals surface area contributed by atoms with Crippen molar-refractivity contribution < 1.29 is 4.79 Å². The zero-order chi connectivity index (χ0) is 11.5. The number of H-pyrrole nitrogens is 1. The molecule has 0 saturated carbocycles. The van der Waals surface area contributed by atoms with E-state index in [2.05, 4.69) is 9.97 Å². The molecule has 0 fully saturated rings. The third-order valence-corrected chi connectivity index (χ3v) is 2.23. The highest BCUT2D eigenvalue weighted by Gasteiger charge is 2.06. The largest absolute Gasteiger partial charge is 0.320 e. The number of carbonyl (C=O) groups is 1. The minimum absolute atomic E-state index is 0.166. The van der Waals surface area contributed by atoms with Gasteiger partial charge in [0.2, 0.25) is 0 Å². The highest BCUT2D eigenvalue weighted by atomic mass is 16.1. The number of pyridine rings is 2. The van der Waals surface area contributed by atoms with Crippen LogP contribution in [0, 0.1) is 0 Å². The predicted octanol–water partition coefficient (Wildman–Crippen LogP) is 1.64. The van der Waals surface area contributed by atoms with Crippen molar-refractivity contribution in [2.75, 3.05) is 0 Å². The normalized spacial score (nSPS) is 10.1. The van der Waals surface area contributed by atoms with Gasteiger partial charge in [-0.15, -0.1) is 0 Å². The molecule has 1 N–H and O–H groups in total. The van der Waals surface area contributed by atoms with Gasteiger partial charge >= 0.3 is 0 Å². The lowest BCUT2D eigenvalue weighted by Crippen LogP contribution is -2.16. The second-order valence-electron chi connectivity index (χ2n) is 3.39. The van der Waals surface area contributed by atoms with Crippen molar-refractivity contribution in [3.8, 4) is 11.4 Å². The Hall–Kier alpha value is -2.23. The number of hydrogen-bond donors (Lipinski definition) is 1. The van der Waals surface area contributed by atoms with E-state index < -0.39 is 0 Å². The van der Waals surface area contributed by atoms with Crippen molar-refractivity contribution in [1.82, 2.24) is 9.97 Å². The van der Waals surface area contributed by atoms with E-state index in [1.54, 1.807) is 24.4 Å². The van der Waals surface area contributed by atoms with Crippen molar-refractivity contribution >= 4 is 5.78 Å². The second-order valence-corrected chi connectivity index (χ2v) is 3.39. The molecule has 2 heterocycles. The minimum Gasteiger partial charge on any atom is -0.320 e. The third kappa shape index (κ3) is 1.91. The summed E-state index contributed by atoms with van der Waals surface area (Å²) in [5.74, 6) is -0.242. The van der Waals surface area contributed by atoms with Crippen molar-refractivity contribution in [3.63, 3.8) is 0 Å². The summed E-state index contributed by atoms with van der Waals surface area (Å²) in [7, 11) is 0. The van der Waals surface area contributed by atoms with Crippen LogP contribution in [0.2, 0.25) is 0 Å². The first-order valence-electron chi connectivity index (χ1n) is 4.84. The number of ketones is 1. The molecule has 0 amide bonds. The number of aromatic amines is 1.